The van der Waals surface area contributed by atoms with Gasteiger partial charge in [-0.15, -0.1) is 0 Å². The Morgan fingerprint density at radius 2 is 1.49 bits per heavy atom. The highest BCUT2D eigenvalue weighted by Gasteiger charge is 2.58. The summed E-state index contributed by atoms with van der Waals surface area (Å²) < 4.78 is 36.1. The summed E-state index contributed by atoms with van der Waals surface area (Å²) in [7, 11) is 8.09. The first-order valence-corrected chi connectivity index (χ1v) is 26.3. The van der Waals surface area contributed by atoms with E-state index in [0.29, 0.717) is 87.9 Å². The number of hydrogen-bond acceptors (Lipinski definition) is 16. The number of piperazine rings is 1. The van der Waals surface area contributed by atoms with Crippen LogP contribution in [0.5, 0.6) is 23.0 Å². The van der Waals surface area contributed by atoms with Crippen molar-refractivity contribution in [3.05, 3.63) is 89.1 Å². The van der Waals surface area contributed by atoms with Gasteiger partial charge >= 0.3 is 12.1 Å². The first-order valence-electron chi connectivity index (χ1n) is 26.3. The number of hydrogen-bond donors (Lipinski definition) is 0. The summed E-state index contributed by atoms with van der Waals surface area (Å²) in [6.07, 6.45) is 9.02. The molecular formula is C56H72N10O10. The second-order valence-corrected chi connectivity index (χ2v) is 21.2. The Balaban J connectivity index is 1.05. The number of amides is 3. The van der Waals surface area contributed by atoms with Gasteiger partial charge in [0.2, 0.25) is 18.6 Å². The number of fused-ring (bicyclic) bond motifs is 4. The van der Waals surface area contributed by atoms with Gasteiger partial charge in [0.05, 0.1) is 57.5 Å². The molecule has 1 saturated carbocycles. The van der Waals surface area contributed by atoms with Crippen molar-refractivity contribution in [2.75, 3.05) is 99.5 Å². The number of pyridine rings is 1. The third kappa shape index (κ3) is 10.4. The minimum atomic E-state index is -0.944. The van der Waals surface area contributed by atoms with Crippen LogP contribution in [0.2, 0.25) is 0 Å². The minimum Gasteiger partial charge on any atom is -0.493 e. The van der Waals surface area contributed by atoms with Crippen LogP contribution in [0, 0.1) is 17.3 Å². The monoisotopic (exact) mass is 1040 g/mol. The van der Waals surface area contributed by atoms with E-state index in [9.17, 15) is 9.59 Å². The number of benzene rings is 2. The molecule has 3 aromatic heterocycles. The summed E-state index contributed by atoms with van der Waals surface area (Å²) >= 11 is 0. The molecule has 0 bridgehead atoms. The fraction of sp³-hybridized carbons (Fsp3) is 0.536. The fourth-order valence-corrected chi connectivity index (χ4v) is 12.0. The van der Waals surface area contributed by atoms with Gasteiger partial charge in [-0.3, -0.25) is 24.3 Å². The number of methoxy groups -OCH3 is 4. The average Bonchev–Trinajstić information content (AvgIpc) is 4.01. The number of aromatic nitrogens is 5. The van der Waals surface area contributed by atoms with E-state index in [1.54, 1.807) is 75.0 Å². The molecule has 3 amide bonds. The lowest BCUT2D eigenvalue weighted by molar-refractivity contribution is -0.161. The topological polar surface area (TPSA) is 196 Å². The molecule has 4 aliphatic rings. The number of rotatable bonds is 15. The van der Waals surface area contributed by atoms with E-state index in [2.05, 4.69) is 43.9 Å². The van der Waals surface area contributed by atoms with Crippen molar-refractivity contribution in [3.63, 3.8) is 0 Å². The molecule has 76 heavy (non-hydrogen) atoms. The smallest absolute Gasteiger partial charge is 0.412 e. The van der Waals surface area contributed by atoms with E-state index in [0.717, 1.165) is 64.2 Å². The molecular weight excluding hydrogens is 973 g/mol. The van der Waals surface area contributed by atoms with Gasteiger partial charge in [0.1, 0.15) is 12.1 Å². The van der Waals surface area contributed by atoms with Crippen LogP contribution in [0.15, 0.2) is 61.3 Å². The molecule has 0 radical (unpaired) electrons. The lowest BCUT2D eigenvalue weighted by Gasteiger charge is -2.59. The van der Waals surface area contributed by atoms with Crippen LogP contribution in [0.25, 0.3) is 11.0 Å². The molecule has 1 spiro atoms. The predicted molar refractivity (Wildman–Crippen MR) is 282 cm³/mol. The number of likely N-dealkylation sites (N-methyl/N-ethyl adjacent to an activating group) is 1. The van der Waals surface area contributed by atoms with Crippen LogP contribution in [-0.4, -0.2) is 163 Å². The number of anilines is 1. The average molecular weight is 1050 g/mol. The summed E-state index contributed by atoms with van der Waals surface area (Å²) in [6.45, 7) is 11.4. The lowest BCUT2D eigenvalue weighted by Crippen LogP contribution is -2.63. The molecule has 0 N–H and O–H groups in total. The van der Waals surface area contributed by atoms with Gasteiger partial charge in [-0.2, -0.15) is 5.10 Å². The third-order valence-electron chi connectivity index (χ3n) is 16.0. The van der Waals surface area contributed by atoms with E-state index < -0.39 is 29.8 Å². The zero-order valence-corrected chi connectivity index (χ0v) is 45.4. The summed E-state index contributed by atoms with van der Waals surface area (Å²) in [5.74, 6) is 1.95. The van der Waals surface area contributed by atoms with Crippen molar-refractivity contribution in [3.8, 4) is 23.0 Å². The molecule has 6 heterocycles. The van der Waals surface area contributed by atoms with Crippen molar-refractivity contribution in [2.24, 2.45) is 17.3 Å². The van der Waals surface area contributed by atoms with Crippen LogP contribution in [0.4, 0.5) is 10.6 Å². The fourth-order valence-electron chi connectivity index (χ4n) is 12.0. The standard InChI is InChI=1S/C56H72N10O10/c1-10-62-21-14-37-28-44(71-6)46(73-8)30-40(37)49(62)43-27-39(52(68)64-25-23-63(24-26-64)50-41-32-60-66(51(41)59-34-58-50)33-36-12-18-57-19-13-36)11-17-56(43)42-31-47(74-9)45(72-7)29-38(42)15-22-65(56)48(67)16-20-61(5)54(70)76-35-75-53(69)55(2,3)4/h12-13,18-19,28-32,34,39,43,49H,10-11,14-17,20-27,33,35H2,1-9H3. The number of ether oxygens (including phenoxy) is 6. The Morgan fingerprint density at radius 3 is 2.17 bits per heavy atom. The molecule has 3 aliphatic heterocycles. The minimum absolute atomic E-state index is 0.00889. The maximum Gasteiger partial charge on any atom is 0.412 e. The van der Waals surface area contributed by atoms with Crippen molar-refractivity contribution in [1.29, 1.82) is 0 Å². The number of carbonyl (C=O) groups is 4. The van der Waals surface area contributed by atoms with Crippen LogP contribution in [-0.2, 0) is 48.8 Å². The Kier molecular flexibility index (Phi) is 15.9. The van der Waals surface area contributed by atoms with Crippen molar-refractivity contribution in [2.45, 2.75) is 84.3 Å². The maximum atomic E-state index is 15.4. The summed E-state index contributed by atoms with van der Waals surface area (Å²) in [5.41, 5.74) is 4.30. The van der Waals surface area contributed by atoms with E-state index in [-0.39, 0.29) is 42.7 Å². The highest BCUT2D eigenvalue weighted by Crippen LogP contribution is 2.59. The number of nitrogens with zero attached hydrogens (tertiary/aromatic N) is 10. The summed E-state index contributed by atoms with van der Waals surface area (Å²) in [4.78, 5) is 79.8. The Morgan fingerprint density at radius 1 is 0.816 bits per heavy atom. The van der Waals surface area contributed by atoms with E-state index >= 15 is 9.59 Å². The van der Waals surface area contributed by atoms with Crippen molar-refractivity contribution < 1.29 is 47.6 Å². The summed E-state index contributed by atoms with van der Waals surface area (Å²) in [5, 5.41) is 5.54. The molecule has 406 valence electrons. The number of esters is 1. The van der Waals surface area contributed by atoms with Gasteiger partial charge in [-0.1, -0.05) is 6.92 Å². The maximum absolute atomic E-state index is 15.4. The highest BCUT2D eigenvalue weighted by atomic mass is 16.7. The first-order chi connectivity index (χ1) is 36.6. The molecule has 2 fully saturated rings. The van der Waals surface area contributed by atoms with Gasteiger partial charge in [-0.25, -0.2) is 19.4 Å². The Bertz CT molecular complexity index is 2920. The Hall–Kier alpha value is -7.22. The van der Waals surface area contributed by atoms with Crippen LogP contribution < -0.4 is 23.8 Å². The van der Waals surface area contributed by atoms with Gasteiger partial charge < -0.3 is 48.0 Å². The van der Waals surface area contributed by atoms with Gasteiger partial charge in [0.15, 0.2) is 28.6 Å². The Labute approximate surface area is 444 Å². The molecule has 1 saturated heterocycles. The normalized spacial score (nSPS) is 20.6. The highest BCUT2D eigenvalue weighted by molar-refractivity contribution is 5.87. The van der Waals surface area contributed by atoms with E-state index in [1.165, 1.54) is 4.90 Å². The van der Waals surface area contributed by atoms with Crippen LogP contribution >= 0.6 is 0 Å². The first kappa shape index (κ1) is 53.6. The second kappa shape index (κ2) is 22.5. The molecule has 4 unspecified atom stereocenters. The third-order valence-corrected chi connectivity index (χ3v) is 16.0. The molecule has 9 rings (SSSR count). The molecule has 5 aromatic rings. The molecule has 1 aliphatic carbocycles. The largest absolute Gasteiger partial charge is 0.493 e. The van der Waals surface area contributed by atoms with Gasteiger partial charge in [-0.05, 0) is 124 Å². The van der Waals surface area contributed by atoms with Gasteiger partial charge in [0.25, 0.3) is 0 Å². The second-order valence-electron chi connectivity index (χ2n) is 21.2. The summed E-state index contributed by atoms with van der Waals surface area (Å²) in [6, 6.07) is 11.9. The molecule has 20 nitrogen and oxygen atoms in total. The zero-order chi connectivity index (χ0) is 53.9. The molecule has 4 atom stereocenters. The molecule has 2 aromatic carbocycles. The SMILES string of the molecule is CCN1CCc2cc(OC)c(OC)cc2C1C1CC(C(=O)N2CCN(c3ncnc4c3cnn4Cc3ccncc3)CC2)CCC12c1cc(OC)c(OC)cc1CCN2C(=O)CCN(C)C(=O)OCOC(=O)C(C)(C)C. The lowest BCUT2D eigenvalue weighted by atomic mass is 9.58. The van der Waals surface area contributed by atoms with Crippen LogP contribution in [0.1, 0.15) is 87.2 Å². The predicted octanol–water partition coefficient (Wildman–Crippen LogP) is 6.27. The quantitative estimate of drug-likeness (QED) is 0.0839. The van der Waals surface area contributed by atoms with Crippen molar-refractivity contribution >= 4 is 40.7 Å². The van der Waals surface area contributed by atoms with Gasteiger partial charge in [0, 0.05) is 89.6 Å². The number of carbonyl (C=O) groups excluding carboxylic acids is 4. The molecule has 20 heteroatoms. The zero-order valence-electron chi connectivity index (χ0n) is 45.4. The van der Waals surface area contributed by atoms with Crippen molar-refractivity contribution in [1.82, 2.24) is 44.3 Å². The van der Waals surface area contributed by atoms with E-state index in [4.69, 9.17) is 33.4 Å². The van der Waals surface area contributed by atoms with Crippen LogP contribution in [0.3, 0.4) is 0 Å². The van der Waals surface area contributed by atoms with E-state index in [1.807, 2.05) is 44.9 Å².